The molecule has 62 heavy (non-hydrogen) atoms. The highest BCUT2D eigenvalue weighted by Gasteiger charge is 2.36. The SMILES string of the molecule is CCCCCCCCC(CCCCCCCCCC(C)(C)C)C(CCCCCCCCCC(C)(C)C)(CCCCCCCCCC(C)(C)C)CCCCCCCCCC(C)(C)C. The van der Waals surface area contributed by atoms with Crippen molar-refractivity contribution in [2.45, 2.75) is 366 Å². The Labute approximate surface area is 397 Å². The second-order valence-corrected chi connectivity index (χ2v) is 26.8. The summed E-state index contributed by atoms with van der Waals surface area (Å²) in [5.41, 5.74) is 2.60. The van der Waals surface area contributed by atoms with Crippen molar-refractivity contribution in [2.24, 2.45) is 33.0 Å². The topological polar surface area (TPSA) is 0 Å². The van der Waals surface area contributed by atoms with E-state index in [1.807, 2.05) is 0 Å². The molecule has 0 rings (SSSR count). The van der Waals surface area contributed by atoms with Gasteiger partial charge in [0.15, 0.2) is 0 Å². The van der Waals surface area contributed by atoms with E-state index in [9.17, 15) is 0 Å². The minimum absolute atomic E-state index is 0.499. The van der Waals surface area contributed by atoms with Gasteiger partial charge in [-0.05, 0) is 90.8 Å². The van der Waals surface area contributed by atoms with Crippen molar-refractivity contribution in [3.05, 3.63) is 0 Å². The van der Waals surface area contributed by atoms with Gasteiger partial charge in [-0.1, -0.05) is 308 Å². The Kier molecular flexibility index (Phi) is 38.0. The van der Waals surface area contributed by atoms with E-state index in [4.69, 9.17) is 0 Å². The highest BCUT2D eigenvalue weighted by atomic mass is 14.4. The number of unbranched alkanes of at least 4 members (excludes halogenated alkanes) is 29. The van der Waals surface area contributed by atoms with Crippen molar-refractivity contribution >= 4 is 0 Å². The molecule has 0 aromatic heterocycles. The molecule has 374 valence electrons. The Morgan fingerprint density at radius 3 is 0.597 bits per heavy atom. The summed E-state index contributed by atoms with van der Waals surface area (Å²) in [4.78, 5) is 0. The summed E-state index contributed by atoms with van der Waals surface area (Å²) < 4.78 is 0. The quantitative estimate of drug-likeness (QED) is 0.0535. The summed E-state index contributed by atoms with van der Waals surface area (Å²) in [5.74, 6) is 0.965. The first-order valence-corrected chi connectivity index (χ1v) is 29.3. The van der Waals surface area contributed by atoms with Crippen molar-refractivity contribution in [1.29, 1.82) is 0 Å². The Hall–Kier alpha value is 0. The van der Waals surface area contributed by atoms with Crippen molar-refractivity contribution in [2.75, 3.05) is 0 Å². The van der Waals surface area contributed by atoms with Gasteiger partial charge in [0.2, 0.25) is 0 Å². The lowest BCUT2D eigenvalue weighted by molar-refractivity contribution is 0.0813. The fraction of sp³-hybridized carbons (Fsp3) is 1.00. The molecular weight excluding hydrogens is 745 g/mol. The summed E-state index contributed by atoms with van der Waals surface area (Å²) in [5, 5.41) is 0. The number of rotatable bonds is 44. The third-order valence-corrected chi connectivity index (χ3v) is 15.1. The van der Waals surface area contributed by atoms with Crippen molar-refractivity contribution in [1.82, 2.24) is 0 Å². The fourth-order valence-corrected chi connectivity index (χ4v) is 10.9. The molecule has 0 spiro atoms. The van der Waals surface area contributed by atoms with Gasteiger partial charge in [0.05, 0.1) is 0 Å². The van der Waals surface area contributed by atoms with E-state index in [1.165, 1.54) is 257 Å². The van der Waals surface area contributed by atoms with Gasteiger partial charge in [-0.3, -0.25) is 0 Å². The van der Waals surface area contributed by atoms with Crippen LogP contribution in [-0.2, 0) is 0 Å². The highest BCUT2D eigenvalue weighted by Crippen LogP contribution is 2.48. The maximum atomic E-state index is 2.42. The van der Waals surface area contributed by atoms with Crippen LogP contribution in [0, 0.1) is 33.0 Å². The molecule has 0 aromatic rings. The standard InChI is InChI=1S/C62H126/c1-14-15-16-17-30-39-48-57(49-40-31-22-18-23-32-41-50-58(2,3)4)62(54-45-36-27-19-24-33-42-51-59(5,6)7,55-46-37-28-20-25-34-43-52-60(8,9)10)56-47-38-29-21-26-35-44-53-61(11,12)13/h57H,14-56H2,1-13H3. The van der Waals surface area contributed by atoms with Crippen molar-refractivity contribution in [3.8, 4) is 0 Å². The maximum Gasteiger partial charge on any atom is -0.0269 e. The first-order chi connectivity index (χ1) is 29.3. The third kappa shape index (κ3) is 43.9. The molecule has 0 heterocycles. The van der Waals surface area contributed by atoms with E-state index in [2.05, 4.69) is 90.0 Å². The zero-order chi connectivity index (χ0) is 46.5. The monoisotopic (exact) mass is 871 g/mol. The molecule has 1 unspecified atom stereocenters. The van der Waals surface area contributed by atoms with Gasteiger partial charge in [0, 0.05) is 0 Å². The van der Waals surface area contributed by atoms with Gasteiger partial charge >= 0.3 is 0 Å². The first-order valence-electron chi connectivity index (χ1n) is 29.3. The second-order valence-electron chi connectivity index (χ2n) is 26.8. The van der Waals surface area contributed by atoms with Crippen molar-refractivity contribution < 1.29 is 0 Å². The molecule has 0 N–H and O–H groups in total. The Morgan fingerprint density at radius 1 is 0.210 bits per heavy atom. The molecule has 0 amide bonds. The van der Waals surface area contributed by atoms with E-state index in [-0.39, 0.29) is 0 Å². The Bertz CT molecular complexity index is 831. The van der Waals surface area contributed by atoms with Gasteiger partial charge in [0.1, 0.15) is 0 Å². The fourth-order valence-electron chi connectivity index (χ4n) is 10.9. The maximum absolute atomic E-state index is 2.42. The molecule has 0 fully saturated rings. The summed E-state index contributed by atoms with van der Waals surface area (Å²) in [6.45, 7) is 31.4. The molecule has 0 saturated carbocycles. The Balaban J connectivity index is 5.87. The van der Waals surface area contributed by atoms with E-state index in [0.29, 0.717) is 27.1 Å². The van der Waals surface area contributed by atoms with Crippen LogP contribution in [0.15, 0.2) is 0 Å². The van der Waals surface area contributed by atoms with E-state index >= 15 is 0 Å². The summed E-state index contributed by atoms with van der Waals surface area (Å²) in [6.07, 6.45) is 63.2. The molecule has 0 bridgehead atoms. The largest absolute Gasteiger partial charge is 0.0654 e. The van der Waals surface area contributed by atoms with Crippen LogP contribution in [0.5, 0.6) is 0 Å². The van der Waals surface area contributed by atoms with E-state index < -0.39 is 0 Å². The van der Waals surface area contributed by atoms with Crippen LogP contribution in [0.4, 0.5) is 0 Å². The summed E-state index contributed by atoms with van der Waals surface area (Å²) in [7, 11) is 0. The molecule has 0 aliphatic carbocycles. The van der Waals surface area contributed by atoms with E-state index in [0.717, 1.165) is 5.92 Å². The molecule has 1 atom stereocenters. The molecule has 0 aliphatic heterocycles. The molecule has 0 aliphatic rings. The van der Waals surface area contributed by atoms with Gasteiger partial charge in [-0.15, -0.1) is 0 Å². The van der Waals surface area contributed by atoms with Crippen LogP contribution in [0.2, 0.25) is 0 Å². The molecule has 0 radical (unpaired) electrons. The van der Waals surface area contributed by atoms with Crippen molar-refractivity contribution in [3.63, 3.8) is 0 Å². The van der Waals surface area contributed by atoms with Gasteiger partial charge in [0.25, 0.3) is 0 Å². The lowest BCUT2D eigenvalue weighted by Gasteiger charge is -2.43. The van der Waals surface area contributed by atoms with Gasteiger partial charge < -0.3 is 0 Å². The second kappa shape index (κ2) is 38.0. The normalized spacial score (nSPS) is 13.7. The lowest BCUT2D eigenvalue weighted by Crippen LogP contribution is -2.32. The summed E-state index contributed by atoms with van der Waals surface area (Å²) in [6, 6.07) is 0. The van der Waals surface area contributed by atoms with Crippen LogP contribution in [0.25, 0.3) is 0 Å². The predicted molar refractivity (Wildman–Crippen MR) is 288 cm³/mol. The average molecular weight is 872 g/mol. The van der Waals surface area contributed by atoms with Crippen LogP contribution in [0.1, 0.15) is 366 Å². The van der Waals surface area contributed by atoms with Gasteiger partial charge in [-0.2, -0.15) is 0 Å². The van der Waals surface area contributed by atoms with Crippen LogP contribution in [-0.4, -0.2) is 0 Å². The number of hydrogen-bond donors (Lipinski definition) is 0. The minimum Gasteiger partial charge on any atom is -0.0654 e. The van der Waals surface area contributed by atoms with Crippen LogP contribution < -0.4 is 0 Å². The van der Waals surface area contributed by atoms with E-state index in [1.54, 1.807) is 19.3 Å². The molecule has 0 heteroatoms. The van der Waals surface area contributed by atoms with Crippen LogP contribution in [0.3, 0.4) is 0 Å². The lowest BCUT2D eigenvalue weighted by atomic mass is 9.62. The molecular formula is C62H126. The molecule has 0 nitrogen and oxygen atoms in total. The zero-order valence-electron chi connectivity index (χ0n) is 46.5. The predicted octanol–water partition coefficient (Wildman–Crippen LogP) is 23.6. The van der Waals surface area contributed by atoms with Gasteiger partial charge in [-0.25, -0.2) is 0 Å². The highest BCUT2D eigenvalue weighted by molar-refractivity contribution is 4.87. The smallest absolute Gasteiger partial charge is 0.0269 e. The first kappa shape index (κ1) is 62.0. The zero-order valence-corrected chi connectivity index (χ0v) is 46.5. The van der Waals surface area contributed by atoms with Crippen LogP contribution >= 0.6 is 0 Å². The minimum atomic E-state index is 0.499. The number of hydrogen-bond acceptors (Lipinski definition) is 0. The summed E-state index contributed by atoms with van der Waals surface area (Å²) >= 11 is 0. The Morgan fingerprint density at radius 2 is 0.387 bits per heavy atom. The molecule has 0 saturated heterocycles. The average Bonchev–Trinajstić information content (AvgIpc) is 3.16. The third-order valence-electron chi connectivity index (χ3n) is 15.1. The molecule has 0 aromatic carbocycles.